The van der Waals surface area contributed by atoms with Crippen LogP contribution in [0, 0.1) is 5.82 Å². The monoisotopic (exact) mass is 556 g/mol. The molecule has 1 aliphatic rings. The second kappa shape index (κ2) is 13.6. The zero-order valence-corrected chi connectivity index (χ0v) is 20.8. The largest absolute Gasteiger partial charge is 0.396 e. The molecule has 0 aliphatic carbocycles. The van der Waals surface area contributed by atoms with E-state index in [0.717, 1.165) is 11.1 Å². The van der Waals surface area contributed by atoms with Gasteiger partial charge in [0.1, 0.15) is 5.82 Å². The van der Waals surface area contributed by atoms with Gasteiger partial charge in [0.05, 0.1) is 24.9 Å². The number of aliphatic hydroxyl groups is 2. The summed E-state index contributed by atoms with van der Waals surface area (Å²) < 4.78 is 14.7. The van der Waals surface area contributed by atoms with Crippen LogP contribution in [-0.2, 0) is 6.54 Å². The lowest BCUT2D eigenvalue weighted by Crippen LogP contribution is -2.40. The summed E-state index contributed by atoms with van der Waals surface area (Å²) in [6.45, 7) is 4.95. The minimum absolute atomic E-state index is 0. The van der Waals surface area contributed by atoms with Crippen molar-refractivity contribution < 1.29 is 14.6 Å². The number of aliphatic imine (C=N–C) groups is 1. The first-order chi connectivity index (χ1) is 15.1. The molecule has 4 N–H and O–H groups in total. The summed E-state index contributed by atoms with van der Waals surface area (Å²) in [6, 6.07) is 15.1. The van der Waals surface area contributed by atoms with E-state index in [0.29, 0.717) is 57.2 Å². The predicted molar refractivity (Wildman–Crippen MR) is 138 cm³/mol. The van der Waals surface area contributed by atoms with Crippen LogP contribution in [0.5, 0.6) is 0 Å². The van der Waals surface area contributed by atoms with Crippen LogP contribution in [0.1, 0.15) is 36.8 Å². The van der Waals surface area contributed by atoms with Crippen LogP contribution < -0.4 is 15.5 Å². The summed E-state index contributed by atoms with van der Waals surface area (Å²) in [6.07, 6.45) is 1.06. The number of nitrogens with one attached hydrogen (secondary N) is 2. The molecule has 2 aromatic carbocycles. The van der Waals surface area contributed by atoms with Gasteiger partial charge in [0, 0.05) is 32.1 Å². The minimum Gasteiger partial charge on any atom is -0.396 e. The molecule has 0 amide bonds. The molecular formula is C24H34FIN4O2. The fourth-order valence-electron chi connectivity index (χ4n) is 3.76. The van der Waals surface area contributed by atoms with Crippen LogP contribution in [0.4, 0.5) is 10.1 Å². The van der Waals surface area contributed by atoms with Gasteiger partial charge in [-0.2, -0.15) is 0 Å². The average molecular weight is 556 g/mol. The number of nitrogens with zero attached hydrogens (tertiary/aromatic N) is 2. The summed E-state index contributed by atoms with van der Waals surface area (Å²) in [7, 11) is 0. The third-order valence-electron chi connectivity index (χ3n) is 5.59. The van der Waals surface area contributed by atoms with E-state index in [1.54, 1.807) is 6.07 Å². The molecule has 32 heavy (non-hydrogen) atoms. The Morgan fingerprint density at radius 2 is 1.88 bits per heavy atom. The van der Waals surface area contributed by atoms with E-state index < -0.39 is 0 Å². The van der Waals surface area contributed by atoms with Gasteiger partial charge in [-0.05, 0) is 43.0 Å². The molecule has 3 rings (SSSR count). The Morgan fingerprint density at radius 1 is 1.16 bits per heavy atom. The Labute approximate surface area is 207 Å². The molecule has 1 unspecified atom stereocenters. The van der Waals surface area contributed by atoms with Crippen molar-refractivity contribution in [3.8, 4) is 0 Å². The third-order valence-corrected chi connectivity index (χ3v) is 5.59. The molecule has 1 saturated heterocycles. The van der Waals surface area contributed by atoms with E-state index in [1.807, 2.05) is 48.2 Å². The molecular weight excluding hydrogens is 522 g/mol. The topological polar surface area (TPSA) is 80.1 Å². The van der Waals surface area contributed by atoms with Crippen molar-refractivity contribution >= 4 is 35.6 Å². The molecule has 1 aliphatic heterocycles. The van der Waals surface area contributed by atoms with Gasteiger partial charge in [-0.25, -0.2) is 9.38 Å². The standard InChI is InChI=1S/C24H33FN4O2.HI/c1-2-26-24(28-16-20(17-30)19-6-4-3-5-7-19)27-15-18-8-9-23(22(25)14-18)29-12-10-21(31)11-13-29;/h3-9,14,20-21,30-31H,2,10-13,15-17H2,1H3,(H2,26,27,28);1H. The van der Waals surface area contributed by atoms with Crippen LogP contribution in [0.15, 0.2) is 53.5 Å². The maximum atomic E-state index is 14.7. The predicted octanol–water partition coefficient (Wildman–Crippen LogP) is 3.24. The van der Waals surface area contributed by atoms with Gasteiger partial charge in [0.2, 0.25) is 0 Å². The number of anilines is 1. The van der Waals surface area contributed by atoms with Crippen LogP contribution in [0.25, 0.3) is 0 Å². The smallest absolute Gasteiger partial charge is 0.191 e. The summed E-state index contributed by atoms with van der Waals surface area (Å²) in [4.78, 5) is 6.56. The quantitative estimate of drug-likeness (QED) is 0.228. The molecule has 1 fully saturated rings. The van der Waals surface area contributed by atoms with Crippen molar-refractivity contribution in [2.45, 2.75) is 38.3 Å². The van der Waals surface area contributed by atoms with Crippen LogP contribution >= 0.6 is 24.0 Å². The lowest BCUT2D eigenvalue weighted by Gasteiger charge is -2.31. The Morgan fingerprint density at radius 3 is 2.50 bits per heavy atom. The SMILES string of the molecule is CCNC(=NCc1ccc(N2CCC(O)CC2)c(F)c1)NCC(CO)c1ccccc1.I. The Bertz CT molecular complexity index is 845. The number of piperidine rings is 1. The van der Waals surface area contributed by atoms with Crippen LogP contribution in [-0.4, -0.2) is 55.1 Å². The highest BCUT2D eigenvalue weighted by molar-refractivity contribution is 14.0. The molecule has 1 heterocycles. The van der Waals surface area contributed by atoms with Crippen molar-refractivity contribution in [3.05, 3.63) is 65.5 Å². The molecule has 176 valence electrons. The van der Waals surface area contributed by atoms with Gasteiger partial charge in [0.25, 0.3) is 0 Å². The Balaban J connectivity index is 0.00000363. The number of aliphatic hydroxyl groups excluding tert-OH is 2. The van der Waals surface area contributed by atoms with Crippen molar-refractivity contribution in [1.29, 1.82) is 0 Å². The second-order valence-electron chi connectivity index (χ2n) is 7.87. The lowest BCUT2D eigenvalue weighted by atomic mass is 10.0. The molecule has 0 bridgehead atoms. The summed E-state index contributed by atoms with van der Waals surface area (Å²) in [5, 5.41) is 25.9. The minimum atomic E-state index is -0.280. The van der Waals surface area contributed by atoms with Crippen LogP contribution in [0.3, 0.4) is 0 Å². The van der Waals surface area contributed by atoms with Crippen molar-refractivity contribution in [3.63, 3.8) is 0 Å². The van der Waals surface area contributed by atoms with E-state index in [2.05, 4.69) is 15.6 Å². The van der Waals surface area contributed by atoms with Crippen molar-refractivity contribution in [2.75, 3.05) is 37.7 Å². The normalized spacial score (nSPS) is 15.8. The van der Waals surface area contributed by atoms with Gasteiger partial charge in [-0.3, -0.25) is 0 Å². The fraction of sp³-hybridized carbons (Fsp3) is 0.458. The second-order valence-corrected chi connectivity index (χ2v) is 7.87. The summed E-state index contributed by atoms with van der Waals surface area (Å²) in [5.74, 6) is 0.336. The zero-order chi connectivity index (χ0) is 22.1. The Kier molecular flexibility index (Phi) is 11.2. The van der Waals surface area contributed by atoms with E-state index in [4.69, 9.17) is 0 Å². The van der Waals surface area contributed by atoms with E-state index in [9.17, 15) is 14.6 Å². The molecule has 0 saturated carbocycles. The van der Waals surface area contributed by atoms with Gasteiger partial charge in [-0.1, -0.05) is 36.4 Å². The summed E-state index contributed by atoms with van der Waals surface area (Å²) in [5.41, 5.74) is 2.44. The number of guanidine groups is 1. The number of benzene rings is 2. The molecule has 1 atom stereocenters. The zero-order valence-electron chi connectivity index (χ0n) is 18.5. The first kappa shape index (κ1) is 26.3. The molecule has 0 spiro atoms. The van der Waals surface area contributed by atoms with Crippen LogP contribution in [0.2, 0.25) is 0 Å². The van der Waals surface area contributed by atoms with Gasteiger partial charge >= 0.3 is 0 Å². The average Bonchev–Trinajstić information content (AvgIpc) is 2.79. The molecule has 6 nitrogen and oxygen atoms in total. The van der Waals surface area contributed by atoms with Crippen molar-refractivity contribution in [1.82, 2.24) is 10.6 Å². The van der Waals surface area contributed by atoms with Gasteiger partial charge in [-0.15, -0.1) is 24.0 Å². The lowest BCUT2D eigenvalue weighted by molar-refractivity contribution is 0.145. The molecule has 2 aromatic rings. The number of hydrogen-bond acceptors (Lipinski definition) is 4. The molecule has 0 radical (unpaired) electrons. The number of halogens is 2. The van der Waals surface area contributed by atoms with E-state index in [-0.39, 0.29) is 48.4 Å². The van der Waals surface area contributed by atoms with E-state index in [1.165, 1.54) is 6.07 Å². The molecule has 8 heteroatoms. The third kappa shape index (κ3) is 7.60. The number of hydrogen-bond donors (Lipinski definition) is 4. The first-order valence-corrected chi connectivity index (χ1v) is 11.0. The number of rotatable bonds is 8. The van der Waals surface area contributed by atoms with Crippen molar-refractivity contribution in [2.24, 2.45) is 4.99 Å². The highest BCUT2D eigenvalue weighted by Crippen LogP contribution is 2.24. The highest BCUT2D eigenvalue weighted by Gasteiger charge is 2.19. The van der Waals surface area contributed by atoms with Gasteiger partial charge < -0.3 is 25.7 Å². The first-order valence-electron chi connectivity index (χ1n) is 11.0. The maximum Gasteiger partial charge on any atom is 0.191 e. The molecule has 0 aromatic heterocycles. The highest BCUT2D eigenvalue weighted by atomic mass is 127. The Hall–Kier alpha value is -1.91. The van der Waals surface area contributed by atoms with E-state index >= 15 is 0 Å². The summed E-state index contributed by atoms with van der Waals surface area (Å²) >= 11 is 0. The fourth-order valence-corrected chi connectivity index (χ4v) is 3.76. The maximum absolute atomic E-state index is 14.7. The van der Waals surface area contributed by atoms with Gasteiger partial charge in [0.15, 0.2) is 5.96 Å².